The maximum absolute atomic E-state index is 12.6. The normalized spacial score (nSPS) is 11.2. The summed E-state index contributed by atoms with van der Waals surface area (Å²) in [6.07, 6.45) is -1.98. The van der Waals surface area contributed by atoms with Crippen LogP contribution in [0.2, 0.25) is 0 Å². The number of amides is 2. The van der Waals surface area contributed by atoms with Crippen LogP contribution in [0, 0.1) is 0 Å². The molecule has 7 nitrogen and oxygen atoms in total. The molecular formula is C18H13BrF3N5O2. The van der Waals surface area contributed by atoms with Crippen LogP contribution in [0.25, 0.3) is 0 Å². The summed E-state index contributed by atoms with van der Waals surface area (Å²) >= 11 is 3.25. The average Bonchev–Trinajstić information content (AvgIpc) is 3.12. The molecule has 3 rings (SSSR count). The minimum absolute atomic E-state index is 0.269. The molecule has 2 N–H and O–H groups in total. The van der Waals surface area contributed by atoms with Gasteiger partial charge in [-0.2, -0.15) is 18.3 Å². The van der Waals surface area contributed by atoms with Crippen LogP contribution in [0.15, 0.2) is 59.3 Å². The summed E-state index contributed by atoms with van der Waals surface area (Å²) in [4.78, 5) is 28.4. The third-order valence-electron chi connectivity index (χ3n) is 3.61. The summed E-state index contributed by atoms with van der Waals surface area (Å²) < 4.78 is 39.3. The lowest BCUT2D eigenvalue weighted by Gasteiger charge is -2.08. The molecule has 0 saturated carbocycles. The number of benzene rings is 1. The molecule has 150 valence electrons. The van der Waals surface area contributed by atoms with Gasteiger partial charge in [0.2, 0.25) is 5.91 Å². The Morgan fingerprint density at radius 1 is 1.10 bits per heavy atom. The van der Waals surface area contributed by atoms with Crippen LogP contribution in [0.5, 0.6) is 0 Å². The number of aromatic nitrogens is 3. The summed E-state index contributed by atoms with van der Waals surface area (Å²) in [7, 11) is 0. The minimum atomic E-state index is -4.58. The van der Waals surface area contributed by atoms with Crippen molar-refractivity contribution in [1.29, 1.82) is 0 Å². The minimum Gasteiger partial charge on any atom is -0.324 e. The molecule has 0 fully saturated rings. The summed E-state index contributed by atoms with van der Waals surface area (Å²) in [5, 5.41) is 8.46. The molecule has 2 heterocycles. The van der Waals surface area contributed by atoms with E-state index in [1.165, 1.54) is 12.3 Å². The Bertz CT molecular complexity index is 1030. The van der Waals surface area contributed by atoms with Crippen LogP contribution < -0.4 is 10.6 Å². The largest absolute Gasteiger partial charge is 0.435 e. The first-order valence-electron chi connectivity index (χ1n) is 8.14. The van der Waals surface area contributed by atoms with E-state index < -0.39 is 30.2 Å². The molecule has 0 spiro atoms. The lowest BCUT2D eigenvalue weighted by atomic mass is 10.2. The molecule has 3 aromatic rings. The number of rotatable bonds is 5. The number of pyridine rings is 1. The first-order chi connectivity index (χ1) is 13.7. The fourth-order valence-electron chi connectivity index (χ4n) is 2.33. The number of hydrogen-bond acceptors (Lipinski definition) is 4. The molecule has 0 aliphatic heterocycles. The third kappa shape index (κ3) is 5.64. The van der Waals surface area contributed by atoms with Crippen molar-refractivity contribution in [1.82, 2.24) is 14.8 Å². The molecular weight excluding hydrogens is 455 g/mol. The molecule has 0 atom stereocenters. The second-order valence-corrected chi connectivity index (χ2v) is 6.76. The SMILES string of the molecule is O=C(Cn1ccc(C(F)(F)F)n1)Nc1cccc(C(=O)Nc2ccc(Br)cn2)c1. The van der Waals surface area contributed by atoms with Crippen LogP contribution in [0.1, 0.15) is 16.1 Å². The van der Waals surface area contributed by atoms with Crippen molar-refractivity contribution in [3.63, 3.8) is 0 Å². The van der Waals surface area contributed by atoms with E-state index in [4.69, 9.17) is 0 Å². The van der Waals surface area contributed by atoms with Crippen molar-refractivity contribution in [2.24, 2.45) is 0 Å². The Morgan fingerprint density at radius 2 is 1.90 bits per heavy atom. The van der Waals surface area contributed by atoms with E-state index in [1.54, 1.807) is 30.3 Å². The van der Waals surface area contributed by atoms with Gasteiger partial charge in [-0.15, -0.1) is 0 Å². The van der Waals surface area contributed by atoms with E-state index in [0.717, 1.165) is 21.4 Å². The van der Waals surface area contributed by atoms with Gasteiger partial charge in [-0.1, -0.05) is 6.07 Å². The van der Waals surface area contributed by atoms with Crippen molar-refractivity contribution >= 4 is 39.2 Å². The second-order valence-electron chi connectivity index (χ2n) is 5.84. The average molecular weight is 468 g/mol. The summed E-state index contributed by atoms with van der Waals surface area (Å²) in [5.41, 5.74) is -0.494. The fraction of sp³-hybridized carbons (Fsp3) is 0.111. The molecule has 0 aliphatic rings. The molecule has 0 radical (unpaired) electrons. The quantitative estimate of drug-likeness (QED) is 0.594. The number of nitrogens with one attached hydrogen (secondary N) is 2. The zero-order valence-corrected chi connectivity index (χ0v) is 16.2. The first-order valence-corrected chi connectivity index (χ1v) is 8.93. The summed E-state index contributed by atoms with van der Waals surface area (Å²) in [5.74, 6) is -0.668. The number of carbonyl (C=O) groups is 2. The Labute approximate surface area is 171 Å². The Hall–Kier alpha value is -3.21. The Morgan fingerprint density at radius 3 is 2.55 bits per heavy atom. The lowest BCUT2D eigenvalue weighted by molar-refractivity contribution is -0.141. The smallest absolute Gasteiger partial charge is 0.324 e. The van der Waals surface area contributed by atoms with Gasteiger partial charge in [0.15, 0.2) is 5.69 Å². The molecule has 29 heavy (non-hydrogen) atoms. The Balaban J connectivity index is 1.63. The lowest BCUT2D eigenvalue weighted by Crippen LogP contribution is -2.20. The van der Waals surface area contributed by atoms with E-state index >= 15 is 0 Å². The highest BCUT2D eigenvalue weighted by atomic mass is 79.9. The van der Waals surface area contributed by atoms with E-state index in [2.05, 4.69) is 36.6 Å². The van der Waals surface area contributed by atoms with Gasteiger partial charge >= 0.3 is 6.18 Å². The van der Waals surface area contributed by atoms with Gasteiger partial charge in [-0.25, -0.2) is 4.98 Å². The zero-order valence-electron chi connectivity index (χ0n) is 14.6. The highest BCUT2D eigenvalue weighted by Crippen LogP contribution is 2.27. The van der Waals surface area contributed by atoms with Gasteiger partial charge in [-0.05, 0) is 52.3 Å². The molecule has 0 saturated heterocycles. The van der Waals surface area contributed by atoms with Crippen molar-refractivity contribution in [3.8, 4) is 0 Å². The van der Waals surface area contributed by atoms with Crippen LogP contribution >= 0.6 is 15.9 Å². The van der Waals surface area contributed by atoms with Crippen molar-refractivity contribution < 1.29 is 22.8 Å². The Kier molecular flexibility index (Phi) is 5.97. The predicted octanol–water partition coefficient (Wildman–Crippen LogP) is 3.95. The van der Waals surface area contributed by atoms with Gasteiger partial charge in [0.25, 0.3) is 5.91 Å². The van der Waals surface area contributed by atoms with E-state index in [9.17, 15) is 22.8 Å². The van der Waals surface area contributed by atoms with Crippen LogP contribution in [-0.4, -0.2) is 26.6 Å². The van der Waals surface area contributed by atoms with Gasteiger partial charge in [0, 0.05) is 28.1 Å². The molecule has 0 unspecified atom stereocenters. The fourth-order valence-corrected chi connectivity index (χ4v) is 2.56. The number of anilines is 2. The number of nitrogens with zero attached hydrogens (tertiary/aromatic N) is 3. The van der Waals surface area contributed by atoms with Gasteiger partial charge < -0.3 is 10.6 Å². The molecule has 11 heteroatoms. The van der Waals surface area contributed by atoms with Crippen molar-refractivity contribution in [2.45, 2.75) is 12.7 Å². The molecule has 2 amide bonds. The van der Waals surface area contributed by atoms with E-state index in [1.807, 2.05) is 0 Å². The monoisotopic (exact) mass is 467 g/mol. The standard InChI is InChI=1S/C18H13BrF3N5O2/c19-12-4-5-15(23-9-12)25-17(29)11-2-1-3-13(8-11)24-16(28)10-27-7-6-14(26-27)18(20,21)22/h1-9H,10H2,(H,24,28)(H,23,25,29). The molecule has 1 aromatic carbocycles. The number of carbonyl (C=O) groups excluding carboxylic acids is 2. The second kappa shape index (κ2) is 8.43. The maximum atomic E-state index is 12.6. The maximum Gasteiger partial charge on any atom is 0.435 e. The number of halogens is 4. The highest BCUT2D eigenvalue weighted by Gasteiger charge is 2.33. The molecule has 0 bridgehead atoms. The van der Waals surface area contributed by atoms with Crippen LogP contribution in [-0.2, 0) is 17.5 Å². The van der Waals surface area contributed by atoms with Crippen molar-refractivity contribution in [3.05, 3.63) is 70.6 Å². The topological polar surface area (TPSA) is 88.9 Å². The van der Waals surface area contributed by atoms with Crippen LogP contribution in [0.4, 0.5) is 24.7 Å². The van der Waals surface area contributed by atoms with Crippen molar-refractivity contribution in [2.75, 3.05) is 10.6 Å². The molecule has 0 aliphatic carbocycles. The zero-order chi connectivity index (χ0) is 21.0. The first kappa shape index (κ1) is 20.5. The third-order valence-corrected chi connectivity index (χ3v) is 4.08. The summed E-state index contributed by atoms with van der Waals surface area (Å²) in [6.45, 7) is -0.407. The van der Waals surface area contributed by atoms with E-state index in [-0.39, 0.29) is 5.56 Å². The highest BCUT2D eigenvalue weighted by molar-refractivity contribution is 9.10. The molecule has 2 aromatic heterocycles. The van der Waals surface area contributed by atoms with Gasteiger partial charge in [-0.3, -0.25) is 14.3 Å². The summed E-state index contributed by atoms with van der Waals surface area (Å²) in [6, 6.07) is 10.2. The predicted molar refractivity (Wildman–Crippen MR) is 102 cm³/mol. The number of alkyl halides is 3. The van der Waals surface area contributed by atoms with E-state index in [0.29, 0.717) is 11.5 Å². The van der Waals surface area contributed by atoms with Crippen LogP contribution in [0.3, 0.4) is 0 Å². The van der Waals surface area contributed by atoms with Gasteiger partial charge in [0.1, 0.15) is 12.4 Å². The number of hydrogen-bond donors (Lipinski definition) is 2. The van der Waals surface area contributed by atoms with Gasteiger partial charge in [0.05, 0.1) is 0 Å².